The minimum Gasteiger partial charge on any atom is -0.363 e. The van der Waals surface area contributed by atoms with Gasteiger partial charge in [0.05, 0.1) is 16.5 Å². The zero-order valence-electron chi connectivity index (χ0n) is 17.4. The predicted molar refractivity (Wildman–Crippen MR) is 115 cm³/mol. The smallest absolute Gasteiger partial charge is 0.363 e. The molecule has 0 bridgehead atoms. The number of aromatic nitrogens is 2. The maximum Gasteiger partial charge on any atom is 0.416 e. The molecule has 0 aliphatic carbocycles. The van der Waals surface area contributed by atoms with Crippen LogP contribution in [0.2, 0.25) is 5.02 Å². The molecule has 2 heterocycles. The molecule has 2 aromatic carbocycles. The number of nitrogens with zero attached hydrogens (tertiary/aromatic N) is 5. The van der Waals surface area contributed by atoms with Gasteiger partial charge in [0, 0.05) is 42.8 Å². The number of nitro groups is 1. The van der Waals surface area contributed by atoms with Crippen LogP contribution < -0.4 is 4.90 Å². The van der Waals surface area contributed by atoms with Crippen molar-refractivity contribution in [1.82, 2.24) is 15.0 Å². The van der Waals surface area contributed by atoms with Crippen molar-refractivity contribution in [3.8, 4) is 11.4 Å². The molecule has 1 saturated heterocycles. The number of alkyl halides is 3. The second-order valence-electron chi connectivity index (χ2n) is 7.62. The number of piperazine rings is 1. The van der Waals surface area contributed by atoms with Crippen LogP contribution in [0.15, 0.2) is 47.0 Å². The fourth-order valence-corrected chi connectivity index (χ4v) is 3.94. The van der Waals surface area contributed by atoms with Gasteiger partial charge in [0.2, 0.25) is 11.7 Å². The molecular weight excluding hydrogens is 463 g/mol. The van der Waals surface area contributed by atoms with Crippen LogP contribution in [0.1, 0.15) is 24.4 Å². The van der Waals surface area contributed by atoms with Crippen molar-refractivity contribution in [3.63, 3.8) is 0 Å². The van der Waals surface area contributed by atoms with Crippen LogP contribution in [-0.4, -0.2) is 46.1 Å². The van der Waals surface area contributed by atoms with E-state index in [0.29, 0.717) is 36.9 Å². The minimum atomic E-state index is -4.46. The Hall–Kier alpha value is -3.18. The van der Waals surface area contributed by atoms with Crippen LogP contribution in [0.4, 0.5) is 24.5 Å². The summed E-state index contributed by atoms with van der Waals surface area (Å²) in [6.45, 7) is 4.07. The first-order valence-corrected chi connectivity index (χ1v) is 10.5. The van der Waals surface area contributed by atoms with Crippen LogP contribution >= 0.6 is 11.6 Å². The van der Waals surface area contributed by atoms with Crippen LogP contribution in [0.25, 0.3) is 11.4 Å². The summed E-state index contributed by atoms with van der Waals surface area (Å²) in [5.74, 6) is 0.367. The van der Waals surface area contributed by atoms with Crippen molar-refractivity contribution >= 4 is 23.0 Å². The van der Waals surface area contributed by atoms with Gasteiger partial charge in [-0.1, -0.05) is 28.9 Å². The van der Waals surface area contributed by atoms with Crippen molar-refractivity contribution < 1.29 is 22.6 Å². The van der Waals surface area contributed by atoms with Crippen molar-refractivity contribution in [1.29, 1.82) is 0 Å². The van der Waals surface area contributed by atoms with Gasteiger partial charge >= 0.3 is 6.18 Å². The molecule has 0 saturated carbocycles. The zero-order chi connectivity index (χ0) is 23.8. The number of halogens is 4. The number of hydrogen-bond donors (Lipinski definition) is 0. The van der Waals surface area contributed by atoms with E-state index < -0.39 is 16.7 Å². The molecule has 12 heteroatoms. The maximum absolute atomic E-state index is 13.0. The third-order valence-corrected chi connectivity index (χ3v) is 5.82. The highest BCUT2D eigenvalue weighted by Crippen LogP contribution is 2.34. The Bertz CT molecular complexity index is 1160. The lowest BCUT2D eigenvalue weighted by Crippen LogP contribution is -2.47. The van der Waals surface area contributed by atoms with E-state index in [9.17, 15) is 23.3 Å². The molecule has 8 nitrogen and oxygen atoms in total. The summed E-state index contributed by atoms with van der Waals surface area (Å²) < 4.78 is 44.3. The van der Waals surface area contributed by atoms with E-state index in [0.717, 1.165) is 12.1 Å². The fourth-order valence-electron chi connectivity index (χ4n) is 3.77. The highest BCUT2D eigenvalue weighted by molar-refractivity contribution is 6.30. The van der Waals surface area contributed by atoms with Crippen LogP contribution in [0, 0.1) is 10.1 Å². The van der Waals surface area contributed by atoms with E-state index in [1.807, 2.05) is 11.8 Å². The molecule has 1 aromatic heterocycles. The van der Waals surface area contributed by atoms with Crippen LogP contribution in [0.3, 0.4) is 0 Å². The lowest BCUT2D eigenvalue weighted by Gasteiger charge is -2.37. The van der Waals surface area contributed by atoms with Gasteiger partial charge in [0.1, 0.15) is 5.69 Å². The first-order chi connectivity index (χ1) is 15.6. The predicted octanol–water partition coefficient (Wildman–Crippen LogP) is 5.20. The molecule has 1 aliphatic heterocycles. The molecule has 1 fully saturated rings. The molecule has 0 spiro atoms. The van der Waals surface area contributed by atoms with Gasteiger partial charge in [-0.25, -0.2) is 0 Å². The van der Waals surface area contributed by atoms with E-state index in [-0.39, 0.29) is 29.0 Å². The van der Waals surface area contributed by atoms with Gasteiger partial charge in [-0.3, -0.25) is 15.0 Å². The lowest BCUT2D eigenvalue weighted by atomic mass is 10.1. The molecule has 0 N–H and O–H groups in total. The zero-order valence-corrected chi connectivity index (χ0v) is 18.2. The first kappa shape index (κ1) is 23.0. The molecule has 0 amide bonds. The maximum atomic E-state index is 13.0. The van der Waals surface area contributed by atoms with E-state index >= 15 is 0 Å². The monoisotopic (exact) mass is 481 g/mol. The third kappa shape index (κ3) is 4.93. The van der Waals surface area contributed by atoms with Gasteiger partial charge in [-0.05, 0) is 31.2 Å². The lowest BCUT2D eigenvalue weighted by molar-refractivity contribution is -0.384. The summed E-state index contributed by atoms with van der Waals surface area (Å²) in [6.07, 6.45) is -4.46. The molecule has 0 unspecified atom stereocenters. The molecule has 4 rings (SSSR count). The Morgan fingerprint density at radius 2 is 1.88 bits per heavy atom. The van der Waals surface area contributed by atoms with E-state index in [1.54, 1.807) is 12.1 Å². The van der Waals surface area contributed by atoms with Gasteiger partial charge in [-0.2, -0.15) is 18.2 Å². The molecular formula is C21H19ClF3N5O3. The van der Waals surface area contributed by atoms with Crippen molar-refractivity contribution in [3.05, 3.63) is 69.1 Å². The average molecular weight is 482 g/mol. The second-order valence-corrected chi connectivity index (χ2v) is 8.06. The largest absolute Gasteiger partial charge is 0.416 e. The number of rotatable bonds is 5. The Balaban J connectivity index is 1.45. The van der Waals surface area contributed by atoms with Crippen molar-refractivity contribution in [2.24, 2.45) is 0 Å². The van der Waals surface area contributed by atoms with E-state index in [2.05, 4.69) is 15.0 Å². The minimum absolute atomic E-state index is 0.0494. The molecule has 1 atom stereocenters. The highest BCUT2D eigenvalue weighted by atomic mass is 35.5. The quantitative estimate of drug-likeness (QED) is 0.365. The molecule has 1 aliphatic rings. The number of hydrogen-bond acceptors (Lipinski definition) is 7. The first-order valence-electron chi connectivity index (χ1n) is 10.1. The van der Waals surface area contributed by atoms with E-state index in [1.165, 1.54) is 18.2 Å². The Kier molecular flexibility index (Phi) is 6.26. The summed E-state index contributed by atoms with van der Waals surface area (Å²) in [4.78, 5) is 19.2. The molecule has 3 aromatic rings. The van der Waals surface area contributed by atoms with Crippen molar-refractivity contribution in [2.45, 2.75) is 19.1 Å². The van der Waals surface area contributed by atoms with Gasteiger partial charge < -0.3 is 9.42 Å². The number of anilines is 1. The number of nitro benzene ring substituents is 1. The van der Waals surface area contributed by atoms with Crippen molar-refractivity contribution in [2.75, 3.05) is 31.1 Å². The normalized spacial score (nSPS) is 16.1. The Labute approximate surface area is 191 Å². The van der Waals surface area contributed by atoms with E-state index in [4.69, 9.17) is 16.1 Å². The highest BCUT2D eigenvalue weighted by Gasteiger charge is 2.32. The third-order valence-electron chi connectivity index (χ3n) is 5.58. The summed E-state index contributed by atoms with van der Waals surface area (Å²) >= 11 is 5.90. The topological polar surface area (TPSA) is 88.5 Å². The molecule has 33 heavy (non-hydrogen) atoms. The summed E-state index contributed by atoms with van der Waals surface area (Å²) in [5.41, 5.74) is -0.119. The van der Waals surface area contributed by atoms with Crippen LogP contribution in [0.5, 0.6) is 0 Å². The van der Waals surface area contributed by atoms with Gasteiger partial charge in [-0.15, -0.1) is 0 Å². The average Bonchev–Trinajstić information content (AvgIpc) is 3.28. The Morgan fingerprint density at radius 1 is 1.15 bits per heavy atom. The standard InChI is InChI=1S/C21H19ClF3N5O3/c1-13(20-26-19(27-33-20)14-3-2-4-15(11-14)21(23,24)25)28-7-9-29(10-8-28)17-6-5-16(22)12-18(17)30(31)32/h2-6,11-13H,7-10H2,1H3/t13-/m0/s1. The summed E-state index contributed by atoms with van der Waals surface area (Å²) in [5, 5.41) is 15.5. The SMILES string of the molecule is C[C@@H](c1nc(-c2cccc(C(F)(F)F)c2)no1)N1CCN(c2ccc(Cl)cc2[N+](=O)[O-])CC1. The Morgan fingerprint density at radius 3 is 2.55 bits per heavy atom. The van der Waals surface area contributed by atoms with Gasteiger partial charge in [0.25, 0.3) is 5.69 Å². The van der Waals surface area contributed by atoms with Gasteiger partial charge in [0.15, 0.2) is 0 Å². The number of benzene rings is 2. The molecule has 174 valence electrons. The summed E-state index contributed by atoms with van der Waals surface area (Å²) in [6, 6.07) is 9.07. The molecule has 0 radical (unpaired) electrons. The second kappa shape index (κ2) is 8.99. The summed E-state index contributed by atoms with van der Waals surface area (Å²) in [7, 11) is 0. The van der Waals surface area contributed by atoms with Crippen LogP contribution in [-0.2, 0) is 6.18 Å². The fraction of sp³-hybridized carbons (Fsp3) is 0.333.